The van der Waals surface area contributed by atoms with Crippen molar-refractivity contribution in [2.75, 3.05) is 11.5 Å². The topological polar surface area (TPSA) is 106 Å². The molecule has 5 nitrogen and oxygen atoms in total. The number of hydrogen-bond donors (Lipinski definition) is 4. The molecule has 1 saturated carbocycles. The molecule has 1 aromatic heterocycles. The summed E-state index contributed by atoms with van der Waals surface area (Å²) in [6.07, 6.45) is 5.77. The Morgan fingerprint density at radius 2 is 1.85 bits per heavy atom. The van der Waals surface area contributed by atoms with Crippen molar-refractivity contribution in [3.05, 3.63) is 17.4 Å². The zero-order valence-corrected chi connectivity index (χ0v) is 16.8. The van der Waals surface area contributed by atoms with Crippen LogP contribution in [0.3, 0.4) is 0 Å². The van der Waals surface area contributed by atoms with Gasteiger partial charge in [0.2, 0.25) is 0 Å². The molecule has 2 aromatic rings. The maximum Gasteiger partial charge on any atom is 0.494 e. The van der Waals surface area contributed by atoms with Gasteiger partial charge in [-0.2, -0.15) is 0 Å². The monoisotopic (exact) mass is 370 g/mol. The predicted molar refractivity (Wildman–Crippen MR) is 111 cm³/mol. The van der Waals surface area contributed by atoms with E-state index >= 15 is 0 Å². The summed E-state index contributed by atoms with van der Waals surface area (Å²) in [5.41, 5.74) is 14.9. The van der Waals surface area contributed by atoms with Crippen LogP contribution in [0.1, 0.15) is 77.0 Å². The third-order valence-electron chi connectivity index (χ3n) is 7.51. The Labute approximate surface area is 161 Å². The highest BCUT2D eigenvalue weighted by Gasteiger charge is 2.51. The molecule has 3 atom stereocenters. The van der Waals surface area contributed by atoms with Gasteiger partial charge in [-0.15, -0.1) is 0 Å². The van der Waals surface area contributed by atoms with Crippen LogP contribution in [-0.2, 0) is 5.41 Å². The second kappa shape index (κ2) is 5.92. The van der Waals surface area contributed by atoms with Crippen molar-refractivity contribution >= 4 is 34.9 Å². The van der Waals surface area contributed by atoms with E-state index in [1.54, 1.807) is 0 Å². The third-order valence-corrected chi connectivity index (χ3v) is 7.51. The zero-order valence-electron chi connectivity index (χ0n) is 16.8. The van der Waals surface area contributed by atoms with Crippen molar-refractivity contribution in [1.29, 1.82) is 0 Å². The smallest absolute Gasteiger partial charge is 0.461 e. The maximum absolute atomic E-state index is 9.95. The van der Waals surface area contributed by atoms with Crippen LogP contribution in [0.4, 0.5) is 11.4 Å². The second-order valence-corrected chi connectivity index (χ2v) is 9.68. The molecule has 2 aliphatic rings. The van der Waals surface area contributed by atoms with Crippen LogP contribution in [0.5, 0.6) is 0 Å². The summed E-state index contributed by atoms with van der Waals surface area (Å²) in [5.74, 6) is 1.79. The molecule has 0 amide bonds. The predicted octanol–water partition coefficient (Wildman–Crippen LogP) is 3.26. The molecule has 27 heavy (non-hydrogen) atoms. The standard InChI is InChI=1S/C21H31BN2O3/c1-11-6-7-14-20(2,3)8-5-9-21(14,4)15-12-10-13(23)17(24)16(22(25)26)19(12)27-18(11)15/h10-11,14,25-26H,5-9,23-24H2,1-4H3/t11?,14-,21-/m1/s1. The first-order valence-electron chi connectivity index (χ1n) is 10.1. The summed E-state index contributed by atoms with van der Waals surface area (Å²) in [6.45, 7) is 9.35. The molecular formula is C21H31BN2O3. The summed E-state index contributed by atoms with van der Waals surface area (Å²) < 4.78 is 6.34. The van der Waals surface area contributed by atoms with E-state index in [-0.39, 0.29) is 27.9 Å². The lowest BCUT2D eigenvalue weighted by Crippen LogP contribution is -2.44. The first-order chi connectivity index (χ1) is 12.6. The van der Waals surface area contributed by atoms with E-state index in [2.05, 4.69) is 27.7 Å². The molecule has 0 aliphatic heterocycles. The third kappa shape index (κ3) is 2.53. The van der Waals surface area contributed by atoms with E-state index in [0.717, 1.165) is 24.0 Å². The van der Waals surface area contributed by atoms with E-state index in [1.165, 1.54) is 24.8 Å². The number of benzene rings is 1. The number of nitrogen functional groups attached to an aromatic ring is 2. The van der Waals surface area contributed by atoms with E-state index in [0.29, 0.717) is 17.2 Å². The summed E-state index contributed by atoms with van der Waals surface area (Å²) in [6, 6.07) is 1.88. The average molecular weight is 370 g/mol. The fourth-order valence-corrected chi connectivity index (χ4v) is 6.18. The SMILES string of the molecule is CC1CC[C@@H]2C(C)(C)CCC[C@@]2(C)c2c1oc1c(B(O)O)c(N)c(N)cc21. The molecule has 4 rings (SSSR count). The van der Waals surface area contributed by atoms with E-state index in [4.69, 9.17) is 15.9 Å². The normalized spacial score (nSPS) is 29.9. The van der Waals surface area contributed by atoms with Gasteiger partial charge in [0, 0.05) is 16.9 Å². The molecule has 0 saturated heterocycles. The maximum atomic E-state index is 9.95. The second-order valence-electron chi connectivity index (χ2n) is 9.68. The van der Waals surface area contributed by atoms with Gasteiger partial charge in [0.25, 0.3) is 0 Å². The van der Waals surface area contributed by atoms with Crippen LogP contribution in [0.15, 0.2) is 10.5 Å². The summed E-state index contributed by atoms with van der Waals surface area (Å²) in [7, 11) is -1.72. The van der Waals surface area contributed by atoms with Gasteiger partial charge in [-0.1, -0.05) is 34.1 Å². The van der Waals surface area contributed by atoms with Crippen molar-refractivity contribution in [3.8, 4) is 0 Å². The van der Waals surface area contributed by atoms with Crippen LogP contribution >= 0.6 is 0 Å². The molecule has 6 heteroatoms. The molecule has 2 aliphatic carbocycles. The fraction of sp³-hybridized carbons (Fsp3) is 0.619. The molecule has 1 aromatic carbocycles. The lowest BCUT2D eigenvalue weighted by Gasteiger charge is -2.50. The first kappa shape index (κ1) is 18.7. The number of rotatable bonds is 1. The Morgan fingerprint density at radius 1 is 1.15 bits per heavy atom. The number of furan rings is 1. The Kier molecular flexibility index (Phi) is 4.10. The molecule has 1 heterocycles. The molecule has 0 bridgehead atoms. The Balaban J connectivity index is 2.08. The molecule has 0 radical (unpaired) electrons. The van der Waals surface area contributed by atoms with Gasteiger partial charge in [-0.3, -0.25) is 0 Å². The number of anilines is 2. The Hall–Kier alpha value is -1.66. The van der Waals surface area contributed by atoms with Crippen LogP contribution in [0.25, 0.3) is 11.0 Å². The van der Waals surface area contributed by atoms with Crippen molar-refractivity contribution in [1.82, 2.24) is 0 Å². The first-order valence-corrected chi connectivity index (χ1v) is 10.1. The summed E-state index contributed by atoms with van der Waals surface area (Å²) >= 11 is 0. The minimum atomic E-state index is -1.72. The highest BCUT2D eigenvalue weighted by atomic mass is 16.4. The van der Waals surface area contributed by atoms with Gasteiger partial charge >= 0.3 is 7.12 Å². The highest BCUT2D eigenvalue weighted by Crippen LogP contribution is 2.59. The minimum absolute atomic E-state index is 0.0205. The molecule has 0 spiro atoms. The quantitative estimate of drug-likeness (QED) is 0.456. The molecule has 6 N–H and O–H groups in total. The van der Waals surface area contributed by atoms with Gasteiger partial charge in [0.05, 0.1) is 16.8 Å². The fourth-order valence-electron chi connectivity index (χ4n) is 6.18. The summed E-state index contributed by atoms with van der Waals surface area (Å²) in [4.78, 5) is 0. The number of fused-ring (bicyclic) bond motifs is 5. The number of nitrogens with two attached hydrogens (primary N) is 2. The van der Waals surface area contributed by atoms with Gasteiger partial charge < -0.3 is 25.9 Å². The Morgan fingerprint density at radius 3 is 2.52 bits per heavy atom. The largest absolute Gasteiger partial charge is 0.494 e. The van der Waals surface area contributed by atoms with Gasteiger partial charge in [-0.05, 0) is 48.5 Å². The molecule has 1 fully saturated rings. The van der Waals surface area contributed by atoms with Crippen molar-refractivity contribution in [2.45, 2.75) is 71.1 Å². The lowest BCUT2D eigenvalue weighted by atomic mass is 9.53. The van der Waals surface area contributed by atoms with E-state index in [1.807, 2.05) is 6.07 Å². The van der Waals surface area contributed by atoms with Crippen molar-refractivity contribution < 1.29 is 14.5 Å². The van der Waals surface area contributed by atoms with Crippen molar-refractivity contribution in [3.63, 3.8) is 0 Å². The Bertz CT molecular complexity index is 905. The minimum Gasteiger partial charge on any atom is -0.461 e. The van der Waals surface area contributed by atoms with E-state index in [9.17, 15) is 10.0 Å². The highest BCUT2D eigenvalue weighted by molar-refractivity contribution is 6.64. The van der Waals surface area contributed by atoms with Crippen LogP contribution in [-0.4, -0.2) is 17.2 Å². The molecule has 1 unspecified atom stereocenters. The average Bonchev–Trinajstić information content (AvgIpc) is 2.88. The van der Waals surface area contributed by atoms with Gasteiger partial charge in [-0.25, -0.2) is 0 Å². The van der Waals surface area contributed by atoms with Crippen LogP contribution < -0.4 is 16.9 Å². The van der Waals surface area contributed by atoms with Crippen LogP contribution in [0.2, 0.25) is 0 Å². The van der Waals surface area contributed by atoms with Crippen LogP contribution in [0, 0.1) is 11.3 Å². The molecule has 146 valence electrons. The van der Waals surface area contributed by atoms with E-state index < -0.39 is 7.12 Å². The lowest BCUT2D eigenvalue weighted by molar-refractivity contribution is 0.0504. The molecular weight excluding hydrogens is 339 g/mol. The number of hydrogen-bond acceptors (Lipinski definition) is 5. The van der Waals surface area contributed by atoms with Crippen molar-refractivity contribution in [2.24, 2.45) is 11.3 Å². The summed E-state index contributed by atoms with van der Waals surface area (Å²) in [5, 5.41) is 20.8. The zero-order chi connectivity index (χ0) is 19.7. The van der Waals surface area contributed by atoms with Gasteiger partial charge in [0.15, 0.2) is 0 Å². The van der Waals surface area contributed by atoms with Gasteiger partial charge in [0.1, 0.15) is 11.3 Å².